The first kappa shape index (κ1) is 12.9. The third-order valence-corrected chi connectivity index (χ3v) is 2.30. The van der Waals surface area contributed by atoms with Gasteiger partial charge in [-0.05, 0) is 25.3 Å². The van der Waals surface area contributed by atoms with Crippen molar-refractivity contribution in [3.05, 3.63) is 0 Å². The van der Waals surface area contributed by atoms with Crippen molar-refractivity contribution in [3.8, 4) is 0 Å². The Balaban J connectivity index is 3.03. The Hall–Kier alpha value is -0.0800. The van der Waals surface area contributed by atoms with Crippen LogP contribution in [0.25, 0.3) is 0 Å². The molecule has 0 aromatic heterocycles. The molecule has 2 heteroatoms. The molecule has 0 saturated heterocycles. The van der Waals surface area contributed by atoms with Crippen LogP contribution in [0.3, 0.4) is 0 Å². The summed E-state index contributed by atoms with van der Waals surface area (Å²) >= 11 is 0. The summed E-state index contributed by atoms with van der Waals surface area (Å²) in [4.78, 5) is 0. The topological polar surface area (TPSA) is 35.2 Å². The van der Waals surface area contributed by atoms with Crippen molar-refractivity contribution < 1.29 is 4.74 Å². The van der Waals surface area contributed by atoms with Gasteiger partial charge in [-0.3, -0.25) is 0 Å². The first-order valence-corrected chi connectivity index (χ1v) is 5.59. The molecule has 0 heterocycles. The van der Waals surface area contributed by atoms with Crippen LogP contribution in [-0.4, -0.2) is 19.8 Å². The zero-order chi connectivity index (χ0) is 9.94. The van der Waals surface area contributed by atoms with E-state index in [0.29, 0.717) is 0 Å². The Morgan fingerprint density at radius 1 is 1.15 bits per heavy atom. The largest absolute Gasteiger partial charge is 0.381 e. The molecule has 0 aromatic rings. The number of unbranched alkanes of at least 4 members (excludes halogenated alkanes) is 1. The van der Waals surface area contributed by atoms with Crippen LogP contribution >= 0.6 is 0 Å². The molecule has 0 radical (unpaired) electrons. The highest BCUT2D eigenvalue weighted by atomic mass is 16.5. The number of rotatable bonds is 9. The molecule has 1 unspecified atom stereocenters. The molecule has 13 heavy (non-hydrogen) atoms. The van der Waals surface area contributed by atoms with Crippen molar-refractivity contribution in [2.24, 2.45) is 11.7 Å². The van der Waals surface area contributed by atoms with Gasteiger partial charge >= 0.3 is 0 Å². The highest BCUT2D eigenvalue weighted by molar-refractivity contribution is 4.52. The number of hydrogen-bond donors (Lipinski definition) is 1. The molecule has 2 N–H and O–H groups in total. The predicted molar refractivity (Wildman–Crippen MR) is 57.8 cm³/mol. The third-order valence-electron chi connectivity index (χ3n) is 2.30. The summed E-state index contributed by atoms with van der Waals surface area (Å²) in [7, 11) is 0. The van der Waals surface area contributed by atoms with Crippen LogP contribution in [-0.2, 0) is 4.74 Å². The molecule has 2 nitrogen and oxygen atoms in total. The molecule has 0 fully saturated rings. The molecule has 0 aromatic carbocycles. The van der Waals surface area contributed by atoms with Gasteiger partial charge in [0, 0.05) is 13.2 Å². The van der Waals surface area contributed by atoms with Crippen LogP contribution in [0.15, 0.2) is 0 Å². The van der Waals surface area contributed by atoms with E-state index in [4.69, 9.17) is 10.5 Å². The van der Waals surface area contributed by atoms with Crippen molar-refractivity contribution in [1.82, 2.24) is 0 Å². The minimum absolute atomic E-state index is 0.741. The number of ether oxygens (including phenoxy) is 1. The summed E-state index contributed by atoms with van der Waals surface area (Å²) in [5.41, 5.74) is 5.36. The number of nitrogens with two attached hydrogens (primary N) is 1. The fourth-order valence-corrected chi connectivity index (χ4v) is 1.27. The van der Waals surface area contributed by atoms with Crippen molar-refractivity contribution in [2.45, 2.75) is 46.0 Å². The molecule has 0 amide bonds. The highest BCUT2D eigenvalue weighted by Gasteiger charge is 2.00. The minimum Gasteiger partial charge on any atom is -0.381 e. The molecular weight excluding hydrogens is 162 g/mol. The van der Waals surface area contributed by atoms with Crippen molar-refractivity contribution in [3.63, 3.8) is 0 Å². The van der Waals surface area contributed by atoms with E-state index in [0.717, 1.165) is 32.1 Å². The maximum atomic E-state index is 5.44. The average Bonchev–Trinajstić information content (AvgIpc) is 2.14. The fourth-order valence-electron chi connectivity index (χ4n) is 1.27. The summed E-state index contributed by atoms with van der Waals surface area (Å²) in [6, 6.07) is 0. The Labute approximate surface area is 82.8 Å². The maximum Gasteiger partial charge on any atom is 0.0478 e. The molecule has 0 saturated carbocycles. The molecule has 80 valence electrons. The summed E-state index contributed by atoms with van der Waals surface area (Å²) < 4.78 is 5.44. The van der Waals surface area contributed by atoms with Crippen LogP contribution in [0.5, 0.6) is 0 Å². The summed E-state index contributed by atoms with van der Waals surface area (Å²) in [6.07, 6.45) is 6.19. The quantitative estimate of drug-likeness (QED) is 0.563. The lowest BCUT2D eigenvalue weighted by molar-refractivity contribution is 0.119. The van der Waals surface area contributed by atoms with Gasteiger partial charge in [-0.2, -0.15) is 0 Å². The van der Waals surface area contributed by atoms with Gasteiger partial charge in [0.25, 0.3) is 0 Å². The van der Waals surface area contributed by atoms with Crippen molar-refractivity contribution >= 4 is 0 Å². The van der Waals surface area contributed by atoms with E-state index >= 15 is 0 Å². The van der Waals surface area contributed by atoms with Crippen LogP contribution in [0, 0.1) is 5.92 Å². The number of hydrogen-bond acceptors (Lipinski definition) is 2. The predicted octanol–water partition coefficient (Wildman–Crippen LogP) is 2.57. The molecule has 0 aliphatic carbocycles. The van der Waals surface area contributed by atoms with Crippen LogP contribution in [0.1, 0.15) is 46.0 Å². The summed E-state index contributed by atoms with van der Waals surface area (Å²) in [5, 5.41) is 0. The zero-order valence-electron chi connectivity index (χ0n) is 9.22. The lowest BCUT2D eigenvalue weighted by Gasteiger charge is -2.10. The first-order chi connectivity index (χ1) is 6.31. The van der Waals surface area contributed by atoms with Crippen LogP contribution in [0.4, 0.5) is 0 Å². The van der Waals surface area contributed by atoms with Gasteiger partial charge in [0.05, 0.1) is 0 Å². The van der Waals surface area contributed by atoms with Crippen molar-refractivity contribution in [2.75, 3.05) is 19.8 Å². The van der Waals surface area contributed by atoms with Gasteiger partial charge in [0.15, 0.2) is 0 Å². The SMILES string of the molecule is CCCCC(C)CCOCCCN. The summed E-state index contributed by atoms with van der Waals surface area (Å²) in [6.45, 7) is 7.03. The average molecular weight is 187 g/mol. The van der Waals surface area contributed by atoms with Crippen LogP contribution in [0.2, 0.25) is 0 Å². The molecule has 0 spiro atoms. The second-order valence-corrected chi connectivity index (χ2v) is 3.79. The highest BCUT2D eigenvalue weighted by Crippen LogP contribution is 2.11. The molecule has 0 aliphatic rings. The monoisotopic (exact) mass is 187 g/mol. The molecule has 0 aliphatic heterocycles. The Morgan fingerprint density at radius 2 is 1.92 bits per heavy atom. The van der Waals surface area contributed by atoms with Gasteiger partial charge < -0.3 is 10.5 Å². The van der Waals surface area contributed by atoms with E-state index in [1.165, 1.54) is 25.7 Å². The van der Waals surface area contributed by atoms with Gasteiger partial charge in [0.2, 0.25) is 0 Å². The van der Waals surface area contributed by atoms with Gasteiger partial charge in [-0.25, -0.2) is 0 Å². The molecule has 1 atom stereocenters. The van der Waals surface area contributed by atoms with E-state index in [1.807, 2.05) is 0 Å². The van der Waals surface area contributed by atoms with Gasteiger partial charge in [0.1, 0.15) is 0 Å². The van der Waals surface area contributed by atoms with E-state index in [9.17, 15) is 0 Å². The van der Waals surface area contributed by atoms with E-state index in [-0.39, 0.29) is 0 Å². The molecule has 0 rings (SSSR count). The second kappa shape index (κ2) is 10.0. The molecule has 0 bridgehead atoms. The Bertz CT molecular complexity index is 96.1. The first-order valence-electron chi connectivity index (χ1n) is 5.59. The maximum absolute atomic E-state index is 5.44. The van der Waals surface area contributed by atoms with Gasteiger partial charge in [-0.15, -0.1) is 0 Å². The van der Waals surface area contributed by atoms with E-state index in [2.05, 4.69) is 13.8 Å². The minimum atomic E-state index is 0.741. The van der Waals surface area contributed by atoms with Crippen LogP contribution < -0.4 is 5.73 Å². The lowest BCUT2D eigenvalue weighted by atomic mass is 10.0. The van der Waals surface area contributed by atoms with Gasteiger partial charge in [-0.1, -0.05) is 33.1 Å². The Kier molecular flexibility index (Phi) is 9.94. The standard InChI is InChI=1S/C11H25NO/c1-3-4-6-11(2)7-10-13-9-5-8-12/h11H,3-10,12H2,1-2H3. The summed E-state index contributed by atoms with van der Waals surface area (Å²) in [5.74, 6) is 0.817. The van der Waals surface area contributed by atoms with E-state index in [1.54, 1.807) is 0 Å². The van der Waals surface area contributed by atoms with E-state index < -0.39 is 0 Å². The normalized spacial score (nSPS) is 13.2. The lowest BCUT2D eigenvalue weighted by Crippen LogP contribution is -2.07. The molecular formula is C11H25NO. The smallest absolute Gasteiger partial charge is 0.0478 e. The fraction of sp³-hybridized carbons (Fsp3) is 1.00. The van der Waals surface area contributed by atoms with Crippen molar-refractivity contribution in [1.29, 1.82) is 0 Å². The third kappa shape index (κ3) is 9.84. The Morgan fingerprint density at radius 3 is 2.54 bits per heavy atom. The zero-order valence-corrected chi connectivity index (χ0v) is 9.22. The second-order valence-electron chi connectivity index (χ2n) is 3.79.